The van der Waals surface area contributed by atoms with Crippen molar-refractivity contribution in [2.24, 2.45) is 23.7 Å². The summed E-state index contributed by atoms with van der Waals surface area (Å²) < 4.78 is 5.93. The fourth-order valence-corrected chi connectivity index (χ4v) is 8.01. The quantitative estimate of drug-likeness (QED) is 0.0737. The number of nitrogens with zero attached hydrogens (tertiary/aromatic N) is 3. The standard InChI is InChI=1S/C41H62N4O6S/c1-9-20-51-26-45(40(48)33(28(5)10-2)24-37(46)35-18-14-15-19-44(35)8)36(27(3)4)22-29(6)39-43-34(25-52-39)38(47)42-32(21-30(7)41(49)50)23-31-16-12-11-13-17-31/h9,11-13,16-17,25,27-30,32-33,35-36H,1,10,14-15,18-24,26H2,2-8H3,(H,42,47)(H,49,50)/t28?,29-,30+,32-,33+,35-,36-/m1/s1. The Morgan fingerprint density at radius 1 is 1.12 bits per heavy atom. The molecule has 2 aromatic rings. The summed E-state index contributed by atoms with van der Waals surface area (Å²) in [5, 5.41) is 15.1. The van der Waals surface area contributed by atoms with E-state index in [2.05, 4.69) is 51.4 Å². The maximum Gasteiger partial charge on any atom is 0.306 e. The van der Waals surface area contributed by atoms with E-state index >= 15 is 0 Å². The van der Waals surface area contributed by atoms with Crippen molar-refractivity contribution in [3.05, 3.63) is 64.6 Å². The van der Waals surface area contributed by atoms with Crippen LogP contribution in [0.4, 0.5) is 0 Å². The van der Waals surface area contributed by atoms with Crippen LogP contribution in [-0.2, 0) is 25.5 Å². The molecular weight excluding hydrogens is 677 g/mol. The molecule has 288 valence electrons. The van der Waals surface area contributed by atoms with Crippen LogP contribution in [0.2, 0.25) is 0 Å². The molecule has 0 radical (unpaired) electrons. The summed E-state index contributed by atoms with van der Waals surface area (Å²) in [6, 6.07) is 8.96. The first-order chi connectivity index (χ1) is 24.8. The van der Waals surface area contributed by atoms with Gasteiger partial charge in [0.05, 0.1) is 23.6 Å². The number of piperidine rings is 1. The SMILES string of the molecule is C=CCOCN(C(=O)[C@@H](CC(=O)[C@H]1CCCCN1C)C(C)CC)[C@H](C[C@@H](C)c1nc(C(=O)N[C@@H](Cc2ccccc2)C[C@H](C)C(=O)O)cs1)C(C)C. The van der Waals surface area contributed by atoms with E-state index < -0.39 is 17.8 Å². The molecule has 1 aromatic heterocycles. The van der Waals surface area contributed by atoms with Crippen molar-refractivity contribution in [1.29, 1.82) is 0 Å². The Bertz CT molecular complexity index is 1450. The predicted molar refractivity (Wildman–Crippen MR) is 207 cm³/mol. The number of ketones is 1. The van der Waals surface area contributed by atoms with Crippen LogP contribution in [-0.4, -0.2) is 88.5 Å². The van der Waals surface area contributed by atoms with E-state index in [1.807, 2.05) is 42.3 Å². The number of hydrogen-bond acceptors (Lipinski definition) is 8. The summed E-state index contributed by atoms with van der Waals surface area (Å²) in [7, 11) is 2.00. The van der Waals surface area contributed by atoms with Gasteiger partial charge in [-0.2, -0.15) is 0 Å². The van der Waals surface area contributed by atoms with Crippen molar-refractivity contribution in [3.63, 3.8) is 0 Å². The Labute approximate surface area is 315 Å². The smallest absolute Gasteiger partial charge is 0.306 e. The Hall–Kier alpha value is -3.41. The van der Waals surface area contributed by atoms with Crippen LogP contribution in [0.3, 0.4) is 0 Å². The highest BCUT2D eigenvalue weighted by Gasteiger charge is 2.38. The summed E-state index contributed by atoms with van der Waals surface area (Å²) >= 11 is 1.41. The number of amides is 2. The van der Waals surface area contributed by atoms with Crippen molar-refractivity contribution < 1.29 is 29.0 Å². The van der Waals surface area contributed by atoms with E-state index in [4.69, 9.17) is 9.72 Å². The molecule has 11 heteroatoms. The van der Waals surface area contributed by atoms with Gasteiger partial charge < -0.3 is 20.1 Å². The minimum atomic E-state index is -0.905. The number of rotatable bonds is 22. The Morgan fingerprint density at radius 2 is 1.83 bits per heavy atom. The van der Waals surface area contributed by atoms with Crippen LogP contribution in [0.15, 0.2) is 48.4 Å². The van der Waals surface area contributed by atoms with Crippen LogP contribution in [0.1, 0.15) is 113 Å². The van der Waals surface area contributed by atoms with Crippen LogP contribution in [0.25, 0.3) is 0 Å². The fraction of sp³-hybridized carbons (Fsp3) is 0.634. The fourth-order valence-electron chi connectivity index (χ4n) is 7.14. The van der Waals surface area contributed by atoms with Gasteiger partial charge >= 0.3 is 5.97 Å². The second-order valence-electron chi connectivity index (χ2n) is 15.1. The van der Waals surface area contributed by atoms with E-state index in [0.717, 1.165) is 42.8 Å². The van der Waals surface area contributed by atoms with E-state index in [1.165, 1.54) is 11.3 Å². The lowest BCUT2D eigenvalue weighted by atomic mass is 9.82. The number of benzene rings is 1. The third-order valence-corrected chi connectivity index (χ3v) is 11.7. The zero-order valence-corrected chi connectivity index (χ0v) is 33.2. The number of carbonyl (C=O) groups excluding carboxylic acids is 3. The highest BCUT2D eigenvalue weighted by molar-refractivity contribution is 7.09. The number of carbonyl (C=O) groups is 4. The molecule has 2 N–H and O–H groups in total. The lowest BCUT2D eigenvalue weighted by Crippen LogP contribution is -2.50. The van der Waals surface area contributed by atoms with E-state index in [-0.39, 0.29) is 73.0 Å². The predicted octanol–water partition coefficient (Wildman–Crippen LogP) is 7.21. The zero-order valence-electron chi connectivity index (χ0n) is 32.4. The Kier molecular flexibility index (Phi) is 17.6. The number of hydrogen-bond donors (Lipinski definition) is 2. The first-order valence-electron chi connectivity index (χ1n) is 19.0. The number of thiazole rings is 1. The number of ether oxygens (including phenoxy) is 1. The molecule has 1 fully saturated rings. The minimum Gasteiger partial charge on any atom is -0.481 e. The number of aromatic nitrogens is 1. The molecule has 2 amide bonds. The summed E-state index contributed by atoms with van der Waals surface area (Å²) in [4.78, 5) is 62.1. The molecule has 3 rings (SSSR count). The molecule has 7 atom stereocenters. The van der Waals surface area contributed by atoms with E-state index in [9.17, 15) is 24.3 Å². The van der Waals surface area contributed by atoms with Crippen molar-refractivity contribution >= 4 is 34.9 Å². The van der Waals surface area contributed by atoms with Gasteiger partial charge in [0, 0.05) is 35.7 Å². The molecule has 2 heterocycles. The van der Waals surface area contributed by atoms with Gasteiger partial charge in [-0.05, 0) is 63.1 Å². The van der Waals surface area contributed by atoms with Crippen LogP contribution in [0, 0.1) is 23.7 Å². The van der Waals surface area contributed by atoms with Gasteiger partial charge in [0.1, 0.15) is 12.4 Å². The highest BCUT2D eigenvalue weighted by atomic mass is 32.1. The molecule has 10 nitrogen and oxygen atoms in total. The molecular formula is C41H62N4O6S. The van der Waals surface area contributed by atoms with Crippen molar-refractivity contribution in [2.45, 2.75) is 117 Å². The summed E-state index contributed by atoms with van der Waals surface area (Å²) in [5.74, 6) is -2.24. The van der Waals surface area contributed by atoms with Gasteiger partial charge in [-0.3, -0.25) is 24.1 Å². The molecule has 1 aliphatic heterocycles. The Morgan fingerprint density at radius 3 is 2.44 bits per heavy atom. The first kappa shape index (κ1) is 43.0. The average Bonchev–Trinajstić information content (AvgIpc) is 3.62. The van der Waals surface area contributed by atoms with Gasteiger partial charge in [0.25, 0.3) is 5.91 Å². The number of carboxylic acids is 1. The van der Waals surface area contributed by atoms with Gasteiger partial charge in [0.15, 0.2) is 5.78 Å². The average molecular weight is 739 g/mol. The summed E-state index contributed by atoms with van der Waals surface area (Å²) in [5.41, 5.74) is 1.30. The highest BCUT2D eigenvalue weighted by Crippen LogP contribution is 2.32. The minimum absolute atomic E-state index is 0.0155. The molecule has 52 heavy (non-hydrogen) atoms. The van der Waals surface area contributed by atoms with Gasteiger partial charge in [0.2, 0.25) is 5.91 Å². The number of carboxylic acid groups (broad SMARTS) is 1. The van der Waals surface area contributed by atoms with Crippen molar-refractivity contribution in [3.8, 4) is 0 Å². The molecule has 0 saturated carbocycles. The molecule has 0 aliphatic carbocycles. The Balaban J connectivity index is 1.81. The summed E-state index contributed by atoms with van der Waals surface area (Å²) in [6.07, 6.45) is 6.98. The molecule has 1 aliphatic rings. The van der Waals surface area contributed by atoms with E-state index in [0.29, 0.717) is 25.1 Å². The van der Waals surface area contributed by atoms with Crippen LogP contribution >= 0.6 is 11.3 Å². The van der Waals surface area contributed by atoms with Gasteiger partial charge in [-0.15, -0.1) is 17.9 Å². The topological polar surface area (TPSA) is 129 Å². The zero-order chi connectivity index (χ0) is 38.4. The normalized spacial score (nSPS) is 18.5. The lowest BCUT2D eigenvalue weighted by molar-refractivity contribution is -0.150. The lowest BCUT2D eigenvalue weighted by Gasteiger charge is -2.39. The number of likely N-dealkylation sites (tertiary alicyclic amines) is 1. The number of aliphatic carboxylic acids is 1. The second kappa shape index (κ2) is 21.3. The second-order valence-corrected chi connectivity index (χ2v) is 16.0. The maximum absolute atomic E-state index is 14.6. The molecule has 0 bridgehead atoms. The third kappa shape index (κ3) is 12.6. The number of nitrogens with one attached hydrogen (secondary N) is 1. The largest absolute Gasteiger partial charge is 0.481 e. The number of likely N-dealkylation sites (N-methyl/N-ethyl adjacent to an activating group) is 1. The van der Waals surface area contributed by atoms with Crippen molar-refractivity contribution in [1.82, 2.24) is 20.1 Å². The van der Waals surface area contributed by atoms with Crippen molar-refractivity contribution in [2.75, 3.05) is 26.9 Å². The first-order valence-corrected chi connectivity index (χ1v) is 19.9. The third-order valence-electron chi connectivity index (χ3n) is 10.6. The van der Waals surface area contributed by atoms with Crippen LogP contribution in [0.5, 0.6) is 0 Å². The number of Topliss-reactive ketones (excluding diaryl/α,β-unsaturated/α-hetero) is 1. The molecule has 1 unspecified atom stereocenters. The molecule has 0 spiro atoms. The van der Waals surface area contributed by atoms with E-state index in [1.54, 1.807) is 18.4 Å². The monoisotopic (exact) mass is 738 g/mol. The van der Waals surface area contributed by atoms with Gasteiger partial charge in [-0.1, -0.05) is 90.8 Å². The molecule has 1 saturated heterocycles. The van der Waals surface area contributed by atoms with Gasteiger partial charge in [-0.25, -0.2) is 4.98 Å². The maximum atomic E-state index is 14.6. The summed E-state index contributed by atoms with van der Waals surface area (Å²) in [6.45, 7) is 17.1. The molecule has 1 aromatic carbocycles. The van der Waals surface area contributed by atoms with Crippen LogP contribution < -0.4 is 5.32 Å².